The molecule has 0 radical (unpaired) electrons. The molecule has 0 fully saturated rings. The van der Waals surface area contributed by atoms with Gasteiger partial charge in [-0.1, -0.05) is 62.4 Å². The summed E-state index contributed by atoms with van der Waals surface area (Å²) in [6, 6.07) is 15.9. The lowest BCUT2D eigenvalue weighted by molar-refractivity contribution is -0.137. The highest BCUT2D eigenvalue weighted by molar-refractivity contribution is 5.79. The van der Waals surface area contributed by atoms with Crippen LogP contribution >= 0.6 is 0 Å². The molecule has 0 unspecified atom stereocenters. The summed E-state index contributed by atoms with van der Waals surface area (Å²) < 4.78 is 5.52. The number of benzene rings is 2. The first-order valence-corrected chi connectivity index (χ1v) is 9.79. The van der Waals surface area contributed by atoms with Gasteiger partial charge in [-0.05, 0) is 41.0 Å². The summed E-state index contributed by atoms with van der Waals surface area (Å²) >= 11 is 0. The smallest absolute Gasteiger partial charge is 0.407 e. The van der Waals surface area contributed by atoms with E-state index in [2.05, 4.69) is 43.4 Å². The van der Waals surface area contributed by atoms with Crippen molar-refractivity contribution in [1.82, 2.24) is 5.32 Å². The Morgan fingerprint density at radius 1 is 1.00 bits per heavy atom. The maximum Gasteiger partial charge on any atom is 0.407 e. The maximum atomic E-state index is 12.3. The maximum absolute atomic E-state index is 12.3. The van der Waals surface area contributed by atoms with E-state index in [1.807, 2.05) is 24.3 Å². The quantitative estimate of drug-likeness (QED) is 0.688. The van der Waals surface area contributed by atoms with Crippen LogP contribution in [0.4, 0.5) is 4.79 Å². The number of carbonyl (C=O) groups excluding carboxylic acids is 1. The van der Waals surface area contributed by atoms with Crippen molar-refractivity contribution in [3.8, 4) is 11.1 Å². The second-order valence-corrected chi connectivity index (χ2v) is 7.74. The van der Waals surface area contributed by atoms with Gasteiger partial charge in [0, 0.05) is 12.0 Å². The van der Waals surface area contributed by atoms with Crippen molar-refractivity contribution >= 4 is 12.1 Å². The molecule has 0 bridgehead atoms. The summed E-state index contributed by atoms with van der Waals surface area (Å²) in [6.07, 6.45) is 0.809. The van der Waals surface area contributed by atoms with Crippen molar-refractivity contribution in [3.63, 3.8) is 0 Å². The molecule has 0 aliphatic heterocycles. The third-order valence-electron chi connectivity index (χ3n) is 5.18. The zero-order valence-electron chi connectivity index (χ0n) is 16.4. The van der Waals surface area contributed by atoms with Crippen molar-refractivity contribution in [3.05, 3.63) is 59.7 Å². The predicted molar refractivity (Wildman–Crippen MR) is 108 cm³/mol. The molecule has 0 spiro atoms. The summed E-state index contributed by atoms with van der Waals surface area (Å²) in [5.74, 6) is -0.486. The molecule has 0 aromatic heterocycles. The second-order valence-electron chi connectivity index (χ2n) is 7.74. The molecule has 2 N–H and O–H groups in total. The van der Waals surface area contributed by atoms with Crippen LogP contribution in [0.3, 0.4) is 0 Å². The number of carbonyl (C=O) groups is 2. The number of nitrogens with one attached hydrogen (secondary N) is 1. The number of hydrogen-bond donors (Lipinski definition) is 2. The molecule has 0 heterocycles. The second kappa shape index (κ2) is 8.91. The van der Waals surface area contributed by atoms with Crippen LogP contribution in [0.5, 0.6) is 0 Å². The minimum atomic E-state index is -0.923. The molecule has 0 saturated heterocycles. The highest BCUT2D eigenvalue weighted by Crippen LogP contribution is 2.44. The van der Waals surface area contributed by atoms with Crippen LogP contribution in [0.25, 0.3) is 11.1 Å². The Morgan fingerprint density at radius 2 is 1.57 bits per heavy atom. The van der Waals surface area contributed by atoms with Gasteiger partial charge in [0.25, 0.3) is 0 Å². The first-order chi connectivity index (χ1) is 13.5. The predicted octanol–water partition coefficient (Wildman–Crippen LogP) is 4.80. The molecule has 3 rings (SSSR count). The van der Waals surface area contributed by atoms with Gasteiger partial charge in [0.05, 0.1) is 6.42 Å². The van der Waals surface area contributed by atoms with E-state index < -0.39 is 18.1 Å². The summed E-state index contributed by atoms with van der Waals surface area (Å²) in [5.41, 5.74) is 4.65. The monoisotopic (exact) mass is 381 g/mol. The van der Waals surface area contributed by atoms with Gasteiger partial charge < -0.3 is 15.2 Å². The fourth-order valence-electron chi connectivity index (χ4n) is 3.78. The number of aliphatic carboxylic acids is 1. The molecule has 1 aliphatic rings. The van der Waals surface area contributed by atoms with Crippen LogP contribution in [-0.2, 0) is 9.53 Å². The molecule has 5 nitrogen and oxygen atoms in total. The topological polar surface area (TPSA) is 75.6 Å². The van der Waals surface area contributed by atoms with E-state index in [0.717, 1.165) is 17.5 Å². The fraction of sp³-hybridized carbons (Fsp3) is 0.391. The van der Waals surface area contributed by atoms with Crippen molar-refractivity contribution in [2.45, 2.75) is 45.1 Å². The van der Waals surface area contributed by atoms with Gasteiger partial charge in [-0.3, -0.25) is 4.79 Å². The van der Waals surface area contributed by atoms with Crippen molar-refractivity contribution in [2.75, 3.05) is 6.61 Å². The summed E-state index contributed by atoms with van der Waals surface area (Å²) in [5, 5.41) is 11.8. The van der Waals surface area contributed by atoms with Gasteiger partial charge in [-0.2, -0.15) is 0 Å². The molecule has 2 aromatic rings. The van der Waals surface area contributed by atoms with Crippen LogP contribution in [0.15, 0.2) is 48.5 Å². The van der Waals surface area contributed by atoms with E-state index in [1.165, 1.54) is 11.1 Å². The first kappa shape index (κ1) is 19.9. The molecule has 1 amide bonds. The fourth-order valence-corrected chi connectivity index (χ4v) is 3.78. The van der Waals surface area contributed by atoms with Crippen molar-refractivity contribution < 1.29 is 19.4 Å². The number of amides is 1. The Bertz CT molecular complexity index is 801. The average Bonchev–Trinajstić information content (AvgIpc) is 2.98. The normalized spacial score (nSPS) is 13.7. The first-order valence-electron chi connectivity index (χ1n) is 9.79. The van der Waals surface area contributed by atoms with Crippen LogP contribution in [-0.4, -0.2) is 29.8 Å². The number of hydrogen-bond acceptors (Lipinski definition) is 3. The van der Waals surface area contributed by atoms with Crippen LogP contribution in [0.2, 0.25) is 0 Å². The lowest BCUT2D eigenvalue weighted by Gasteiger charge is -2.19. The molecule has 2 aromatic carbocycles. The highest BCUT2D eigenvalue weighted by Gasteiger charge is 2.29. The van der Waals surface area contributed by atoms with Gasteiger partial charge in [-0.25, -0.2) is 4.79 Å². The Hall–Kier alpha value is -2.82. The Kier molecular flexibility index (Phi) is 6.34. The standard InChI is InChI=1S/C23H27NO4/c1-15(2)11-12-16(13-22(25)26)24-23(27)28-14-21-19-9-5-3-7-17(19)18-8-4-6-10-20(18)21/h3-10,15-16,21H,11-14H2,1-2H3,(H,24,27)(H,25,26)/t16-/m0/s1. The van der Waals surface area contributed by atoms with Crippen LogP contribution in [0.1, 0.15) is 50.2 Å². The molecule has 1 aliphatic carbocycles. The van der Waals surface area contributed by atoms with Gasteiger partial charge in [0.1, 0.15) is 6.61 Å². The van der Waals surface area contributed by atoms with Crippen molar-refractivity contribution in [2.24, 2.45) is 5.92 Å². The molecule has 1 atom stereocenters. The number of alkyl carbamates (subject to hydrolysis) is 1. The minimum Gasteiger partial charge on any atom is -0.481 e. The van der Waals surface area contributed by atoms with E-state index >= 15 is 0 Å². The summed E-state index contributed by atoms with van der Waals surface area (Å²) in [4.78, 5) is 23.4. The summed E-state index contributed by atoms with van der Waals surface area (Å²) in [6.45, 7) is 4.38. The SMILES string of the molecule is CC(C)CC[C@@H](CC(=O)O)NC(=O)OCC1c2ccccc2-c2ccccc21. The molecular weight excluding hydrogens is 354 g/mol. The van der Waals surface area contributed by atoms with E-state index in [0.29, 0.717) is 12.3 Å². The van der Waals surface area contributed by atoms with Gasteiger partial charge in [0.15, 0.2) is 0 Å². The van der Waals surface area contributed by atoms with Gasteiger partial charge >= 0.3 is 12.1 Å². The Labute approximate surface area is 165 Å². The summed E-state index contributed by atoms with van der Waals surface area (Å²) in [7, 11) is 0. The van der Waals surface area contributed by atoms with Crippen LogP contribution < -0.4 is 5.32 Å². The van der Waals surface area contributed by atoms with Crippen LogP contribution in [0, 0.1) is 5.92 Å². The minimum absolute atomic E-state index is 0.00765. The number of rotatable bonds is 8. The highest BCUT2D eigenvalue weighted by atomic mass is 16.5. The third-order valence-corrected chi connectivity index (χ3v) is 5.18. The lowest BCUT2D eigenvalue weighted by atomic mass is 9.98. The molecule has 28 heavy (non-hydrogen) atoms. The third kappa shape index (κ3) is 4.71. The van der Waals surface area contributed by atoms with Crippen molar-refractivity contribution in [1.29, 1.82) is 0 Å². The number of ether oxygens (including phenoxy) is 1. The molecule has 5 heteroatoms. The molecule has 0 saturated carbocycles. The van der Waals surface area contributed by atoms with E-state index in [1.54, 1.807) is 0 Å². The number of carboxylic acids is 1. The van der Waals surface area contributed by atoms with Gasteiger partial charge in [0.2, 0.25) is 0 Å². The number of carboxylic acid groups (broad SMARTS) is 1. The average molecular weight is 381 g/mol. The van der Waals surface area contributed by atoms with E-state index in [-0.39, 0.29) is 18.9 Å². The largest absolute Gasteiger partial charge is 0.481 e. The Morgan fingerprint density at radius 3 is 2.11 bits per heavy atom. The molecular formula is C23H27NO4. The lowest BCUT2D eigenvalue weighted by Crippen LogP contribution is -2.37. The Balaban J connectivity index is 1.64. The zero-order chi connectivity index (χ0) is 20.1. The number of fused-ring (bicyclic) bond motifs is 3. The zero-order valence-corrected chi connectivity index (χ0v) is 16.4. The molecule has 148 valence electrons. The van der Waals surface area contributed by atoms with Gasteiger partial charge in [-0.15, -0.1) is 0 Å². The van der Waals surface area contributed by atoms with E-state index in [4.69, 9.17) is 9.84 Å². The van der Waals surface area contributed by atoms with E-state index in [9.17, 15) is 9.59 Å².